The molecule has 0 aliphatic rings. The molecule has 0 saturated carbocycles. The Morgan fingerprint density at radius 2 is 2.39 bits per heavy atom. The molecule has 6 heteroatoms. The van der Waals surface area contributed by atoms with Crippen LogP contribution in [-0.4, -0.2) is 23.6 Å². The number of aliphatic hydroxyl groups excluding tert-OH is 1. The Balaban J connectivity index is 2.91. The molecular weight excluding hydrogens is 252 g/mol. The molecule has 1 N–H and O–H groups in total. The van der Waals surface area contributed by atoms with Crippen molar-refractivity contribution in [2.75, 3.05) is 18.5 Å². The summed E-state index contributed by atoms with van der Waals surface area (Å²) in [5.41, 5.74) is 0.0667. The minimum atomic E-state index is -0.677. The summed E-state index contributed by atoms with van der Waals surface area (Å²) >= 11 is 1.27. The molecule has 0 aliphatic carbocycles. The fourth-order valence-electron chi connectivity index (χ4n) is 1.57. The van der Waals surface area contributed by atoms with Gasteiger partial charge in [0.2, 0.25) is 0 Å². The summed E-state index contributed by atoms with van der Waals surface area (Å²) in [6, 6.07) is 1.45. The van der Waals surface area contributed by atoms with Crippen molar-refractivity contribution in [2.45, 2.75) is 25.9 Å². The number of hydrogen-bond acceptors (Lipinski definition) is 5. The number of nitrogens with zero attached hydrogens (tertiary/aromatic N) is 2. The Labute approximate surface area is 111 Å². The van der Waals surface area contributed by atoms with Crippen LogP contribution in [0.2, 0.25) is 0 Å². The standard InChI is InChI=1S/C12H18N2O3S/c1-4-5-6-7-13(3)12-10(14(16)17)8-11(18-12)9(2)15/h4,8-9,15H,1,5-7H2,2-3H3/t9-/m1/s1. The first-order chi connectivity index (χ1) is 8.47. The summed E-state index contributed by atoms with van der Waals surface area (Å²) in [6.07, 6.45) is 2.94. The molecule has 1 atom stereocenters. The van der Waals surface area contributed by atoms with Gasteiger partial charge in [-0.05, 0) is 19.8 Å². The molecular formula is C12H18N2O3S. The number of unbranched alkanes of at least 4 members (excludes halogenated alkanes) is 1. The van der Waals surface area contributed by atoms with Crippen LogP contribution in [0.1, 0.15) is 30.7 Å². The van der Waals surface area contributed by atoms with E-state index in [4.69, 9.17) is 0 Å². The second kappa shape index (κ2) is 6.51. The van der Waals surface area contributed by atoms with Crippen molar-refractivity contribution < 1.29 is 10.0 Å². The average Bonchev–Trinajstić information content (AvgIpc) is 2.74. The molecule has 0 bridgehead atoms. The van der Waals surface area contributed by atoms with Gasteiger partial charge in [0.15, 0.2) is 5.00 Å². The summed E-state index contributed by atoms with van der Waals surface area (Å²) in [5.74, 6) is 0. The molecule has 1 aromatic heterocycles. The lowest BCUT2D eigenvalue weighted by molar-refractivity contribution is -0.383. The van der Waals surface area contributed by atoms with Crippen LogP contribution in [-0.2, 0) is 0 Å². The zero-order valence-corrected chi connectivity index (χ0v) is 11.4. The monoisotopic (exact) mass is 270 g/mol. The minimum absolute atomic E-state index is 0.0667. The van der Waals surface area contributed by atoms with Gasteiger partial charge < -0.3 is 10.0 Å². The maximum Gasteiger partial charge on any atom is 0.304 e. The van der Waals surface area contributed by atoms with E-state index >= 15 is 0 Å². The summed E-state index contributed by atoms with van der Waals surface area (Å²) in [5, 5.41) is 21.1. The van der Waals surface area contributed by atoms with E-state index in [0.29, 0.717) is 9.88 Å². The molecule has 1 heterocycles. The average molecular weight is 270 g/mol. The number of hydrogen-bond donors (Lipinski definition) is 1. The molecule has 100 valence electrons. The van der Waals surface area contributed by atoms with Gasteiger partial charge in [-0.15, -0.1) is 17.9 Å². The van der Waals surface area contributed by atoms with Gasteiger partial charge in [-0.3, -0.25) is 10.1 Å². The first kappa shape index (κ1) is 14.7. The molecule has 1 rings (SSSR count). The highest BCUT2D eigenvalue weighted by atomic mass is 32.1. The van der Waals surface area contributed by atoms with Crippen molar-refractivity contribution in [3.05, 3.63) is 33.7 Å². The van der Waals surface area contributed by atoms with Crippen LogP contribution in [0.15, 0.2) is 18.7 Å². The molecule has 0 unspecified atom stereocenters. The van der Waals surface area contributed by atoms with Crippen molar-refractivity contribution in [2.24, 2.45) is 0 Å². The zero-order valence-electron chi connectivity index (χ0n) is 10.6. The van der Waals surface area contributed by atoms with Crippen LogP contribution in [0, 0.1) is 10.1 Å². The number of anilines is 1. The van der Waals surface area contributed by atoms with Gasteiger partial charge in [-0.25, -0.2) is 0 Å². The van der Waals surface area contributed by atoms with Crippen LogP contribution in [0.5, 0.6) is 0 Å². The molecule has 0 spiro atoms. The number of aliphatic hydroxyl groups is 1. The maximum absolute atomic E-state index is 11.0. The quantitative estimate of drug-likeness (QED) is 0.358. The molecule has 5 nitrogen and oxygen atoms in total. The van der Waals surface area contributed by atoms with Crippen LogP contribution < -0.4 is 4.90 Å². The van der Waals surface area contributed by atoms with Gasteiger partial charge in [0.1, 0.15) is 0 Å². The first-order valence-corrected chi connectivity index (χ1v) is 6.57. The summed E-state index contributed by atoms with van der Waals surface area (Å²) < 4.78 is 0. The van der Waals surface area contributed by atoms with E-state index in [1.807, 2.05) is 18.0 Å². The van der Waals surface area contributed by atoms with Crippen LogP contribution >= 0.6 is 11.3 Å². The fourth-order valence-corrected chi connectivity index (χ4v) is 2.62. The minimum Gasteiger partial charge on any atom is -0.388 e. The predicted octanol–water partition coefficient (Wildman–Crippen LogP) is 3.11. The Morgan fingerprint density at radius 3 is 2.89 bits per heavy atom. The van der Waals surface area contributed by atoms with E-state index < -0.39 is 11.0 Å². The molecule has 0 fully saturated rings. The van der Waals surface area contributed by atoms with E-state index in [9.17, 15) is 15.2 Å². The molecule has 0 radical (unpaired) electrons. The highest BCUT2D eigenvalue weighted by Crippen LogP contribution is 2.39. The number of thiophene rings is 1. The third-order valence-electron chi connectivity index (χ3n) is 2.57. The van der Waals surface area contributed by atoms with Crippen LogP contribution in [0.25, 0.3) is 0 Å². The highest BCUT2D eigenvalue weighted by molar-refractivity contribution is 7.16. The predicted molar refractivity (Wildman–Crippen MR) is 74.3 cm³/mol. The Kier molecular flexibility index (Phi) is 5.30. The summed E-state index contributed by atoms with van der Waals surface area (Å²) in [4.78, 5) is 13.1. The zero-order chi connectivity index (χ0) is 13.7. The van der Waals surface area contributed by atoms with Crippen molar-refractivity contribution in [3.63, 3.8) is 0 Å². The van der Waals surface area contributed by atoms with Gasteiger partial charge >= 0.3 is 5.69 Å². The van der Waals surface area contributed by atoms with Crippen LogP contribution in [0.3, 0.4) is 0 Å². The summed E-state index contributed by atoms with van der Waals surface area (Å²) in [6.45, 7) is 5.98. The van der Waals surface area contributed by atoms with Crippen molar-refractivity contribution in [1.29, 1.82) is 0 Å². The number of rotatable bonds is 7. The van der Waals surface area contributed by atoms with Gasteiger partial charge in [0, 0.05) is 24.5 Å². The van der Waals surface area contributed by atoms with Crippen molar-refractivity contribution in [1.82, 2.24) is 0 Å². The Morgan fingerprint density at radius 1 is 1.72 bits per heavy atom. The summed E-state index contributed by atoms with van der Waals surface area (Å²) in [7, 11) is 1.83. The molecule has 0 aliphatic heterocycles. The lowest BCUT2D eigenvalue weighted by Crippen LogP contribution is -2.17. The van der Waals surface area contributed by atoms with Crippen LogP contribution in [0.4, 0.5) is 10.7 Å². The molecule has 0 aromatic carbocycles. The largest absolute Gasteiger partial charge is 0.388 e. The first-order valence-electron chi connectivity index (χ1n) is 5.75. The van der Waals surface area contributed by atoms with E-state index in [1.165, 1.54) is 17.4 Å². The second-order valence-electron chi connectivity index (χ2n) is 4.12. The van der Waals surface area contributed by atoms with E-state index in [-0.39, 0.29) is 5.69 Å². The molecule has 1 aromatic rings. The third kappa shape index (κ3) is 3.54. The molecule has 0 saturated heterocycles. The van der Waals surface area contributed by atoms with E-state index in [2.05, 4.69) is 6.58 Å². The van der Waals surface area contributed by atoms with Crippen molar-refractivity contribution >= 4 is 22.0 Å². The number of nitro groups is 1. The highest BCUT2D eigenvalue weighted by Gasteiger charge is 2.23. The van der Waals surface area contributed by atoms with Gasteiger partial charge in [-0.2, -0.15) is 0 Å². The Hall–Kier alpha value is -1.40. The van der Waals surface area contributed by atoms with E-state index in [1.54, 1.807) is 6.92 Å². The Bertz CT molecular complexity index is 429. The third-order valence-corrected chi connectivity index (χ3v) is 3.98. The SMILES string of the molecule is C=CCCCN(C)c1sc([C@@H](C)O)cc1[N+](=O)[O-]. The van der Waals surface area contributed by atoms with Gasteiger partial charge in [-0.1, -0.05) is 6.08 Å². The fraction of sp³-hybridized carbons (Fsp3) is 0.500. The van der Waals surface area contributed by atoms with Crippen molar-refractivity contribution in [3.8, 4) is 0 Å². The normalized spacial score (nSPS) is 12.2. The van der Waals surface area contributed by atoms with Gasteiger partial charge in [0.25, 0.3) is 0 Å². The topological polar surface area (TPSA) is 66.6 Å². The van der Waals surface area contributed by atoms with Gasteiger partial charge in [0.05, 0.1) is 11.0 Å². The second-order valence-corrected chi connectivity index (χ2v) is 5.19. The lowest BCUT2D eigenvalue weighted by Gasteiger charge is -2.15. The lowest BCUT2D eigenvalue weighted by atomic mass is 10.3. The number of allylic oxidation sites excluding steroid dienone is 1. The molecule has 0 amide bonds. The van der Waals surface area contributed by atoms with E-state index in [0.717, 1.165) is 19.4 Å². The smallest absolute Gasteiger partial charge is 0.304 e. The maximum atomic E-state index is 11.0. The molecule has 18 heavy (non-hydrogen) atoms.